The molecule has 1 aromatic carbocycles. The second-order valence-electron chi connectivity index (χ2n) is 5.39. The molecule has 0 bridgehead atoms. The predicted octanol–water partition coefficient (Wildman–Crippen LogP) is 2.79. The molecule has 1 heterocycles. The topological polar surface area (TPSA) is 15.3 Å². The lowest BCUT2D eigenvalue weighted by Crippen LogP contribution is -2.54. The summed E-state index contributed by atoms with van der Waals surface area (Å²) < 4.78 is 13.8. The fourth-order valence-electron chi connectivity index (χ4n) is 2.77. The number of nitrogens with zero attached hydrogens (tertiary/aromatic N) is 1. The normalized spacial score (nSPS) is 23.8. The van der Waals surface area contributed by atoms with Crippen LogP contribution in [0.1, 0.15) is 26.7 Å². The summed E-state index contributed by atoms with van der Waals surface area (Å²) in [5.74, 6) is -0.122. The van der Waals surface area contributed by atoms with Gasteiger partial charge in [-0.05, 0) is 45.9 Å². The third-order valence-electron chi connectivity index (χ3n) is 3.73. The largest absolute Gasteiger partial charge is 0.364 e. The van der Waals surface area contributed by atoms with Crippen LogP contribution in [0.25, 0.3) is 0 Å². The summed E-state index contributed by atoms with van der Waals surface area (Å²) in [6.45, 7) is 5.27. The Morgan fingerprint density at radius 3 is 2.65 bits per heavy atom. The highest BCUT2D eigenvalue weighted by Crippen LogP contribution is 2.33. The van der Waals surface area contributed by atoms with Gasteiger partial charge in [-0.2, -0.15) is 0 Å². The maximum absolute atomic E-state index is 13.8. The van der Waals surface area contributed by atoms with Crippen molar-refractivity contribution in [1.29, 1.82) is 0 Å². The van der Waals surface area contributed by atoms with Crippen LogP contribution in [0.4, 0.5) is 10.1 Å². The van der Waals surface area contributed by atoms with Crippen LogP contribution in [0.3, 0.4) is 0 Å². The van der Waals surface area contributed by atoms with E-state index in [1.165, 1.54) is 6.07 Å². The number of piperidine rings is 1. The van der Waals surface area contributed by atoms with Crippen LogP contribution in [-0.2, 0) is 0 Å². The van der Waals surface area contributed by atoms with Gasteiger partial charge < -0.3 is 10.2 Å². The molecule has 17 heavy (non-hydrogen) atoms. The summed E-state index contributed by atoms with van der Waals surface area (Å²) in [4.78, 5) is 2.19. The third kappa shape index (κ3) is 2.44. The molecule has 1 unspecified atom stereocenters. The molecule has 1 aromatic rings. The van der Waals surface area contributed by atoms with Gasteiger partial charge in [0.15, 0.2) is 0 Å². The number of benzene rings is 1. The monoisotopic (exact) mass is 236 g/mol. The molecular weight excluding hydrogens is 215 g/mol. The van der Waals surface area contributed by atoms with Crippen molar-refractivity contribution < 1.29 is 4.39 Å². The van der Waals surface area contributed by atoms with Crippen LogP contribution in [0.15, 0.2) is 24.3 Å². The number of hydrogen-bond acceptors (Lipinski definition) is 2. The van der Waals surface area contributed by atoms with E-state index >= 15 is 0 Å². The first kappa shape index (κ1) is 12.4. The molecule has 0 saturated carbocycles. The molecule has 0 aromatic heterocycles. The molecule has 2 nitrogen and oxygen atoms in total. The summed E-state index contributed by atoms with van der Waals surface area (Å²) in [5, 5.41) is 3.33. The van der Waals surface area contributed by atoms with E-state index in [4.69, 9.17) is 0 Å². The zero-order chi connectivity index (χ0) is 12.5. The molecular formula is C14H21FN2. The zero-order valence-corrected chi connectivity index (χ0v) is 10.8. The SMILES string of the molecule is CNC1CCN(c2ccccc2F)C(C)(C)C1. The van der Waals surface area contributed by atoms with Crippen molar-refractivity contribution in [2.75, 3.05) is 18.5 Å². The van der Waals surface area contributed by atoms with Gasteiger partial charge in [-0.15, -0.1) is 0 Å². The molecule has 0 amide bonds. The van der Waals surface area contributed by atoms with Crippen LogP contribution >= 0.6 is 0 Å². The minimum absolute atomic E-state index is 0.00583. The predicted molar refractivity (Wildman–Crippen MR) is 69.9 cm³/mol. The Balaban J connectivity index is 2.25. The number of nitrogens with one attached hydrogen (secondary N) is 1. The Kier molecular flexibility index (Phi) is 3.38. The van der Waals surface area contributed by atoms with Crippen molar-refractivity contribution in [3.8, 4) is 0 Å². The van der Waals surface area contributed by atoms with Crippen molar-refractivity contribution >= 4 is 5.69 Å². The first-order valence-corrected chi connectivity index (χ1v) is 6.24. The molecule has 0 radical (unpaired) electrons. The number of anilines is 1. The highest BCUT2D eigenvalue weighted by molar-refractivity contribution is 5.50. The van der Waals surface area contributed by atoms with Gasteiger partial charge in [0, 0.05) is 18.1 Å². The average molecular weight is 236 g/mol. The molecule has 1 aliphatic rings. The van der Waals surface area contributed by atoms with Gasteiger partial charge in [-0.1, -0.05) is 12.1 Å². The van der Waals surface area contributed by atoms with Crippen molar-refractivity contribution in [1.82, 2.24) is 5.32 Å². The van der Waals surface area contributed by atoms with E-state index in [0.29, 0.717) is 6.04 Å². The number of halogens is 1. The standard InChI is InChI=1S/C14H21FN2/c1-14(2)10-11(16-3)8-9-17(14)13-7-5-4-6-12(13)15/h4-7,11,16H,8-10H2,1-3H3. The van der Waals surface area contributed by atoms with Crippen molar-refractivity contribution in [3.05, 3.63) is 30.1 Å². The molecule has 1 atom stereocenters. The molecule has 1 aliphatic heterocycles. The summed E-state index contributed by atoms with van der Waals surface area (Å²) >= 11 is 0. The summed E-state index contributed by atoms with van der Waals surface area (Å²) in [7, 11) is 2.00. The molecule has 1 N–H and O–H groups in total. The Morgan fingerprint density at radius 2 is 2.06 bits per heavy atom. The van der Waals surface area contributed by atoms with Gasteiger partial charge in [-0.3, -0.25) is 0 Å². The maximum Gasteiger partial charge on any atom is 0.146 e. The average Bonchev–Trinajstić information content (AvgIpc) is 2.29. The van der Waals surface area contributed by atoms with Gasteiger partial charge in [0.05, 0.1) is 5.69 Å². The molecule has 1 fully saturated rings. The summed E-state index contributed by atoms with van der Waals surface area (Å²) in [6.07, 6.45) is 2.10. The second-order valence-corrected chi connectivity index (χ2v) is 5.39. The van der Waals surface area contributed by atoms with Gasteiger partial charge in [0.2, 0.25) is 0 Å². The Bertz CT molecular complexity index is 390. The molecule has 2 rings (SSSR count). The summed E-state index contributed by atoms with van der Waals surface area (Å²) in [6, 6.07) is 7.59. The van der Waals surface area contributed by atoms with Gasteiger partial charge >= 0.3 is 0 Å². The minimum Gasteiger partial charge on any atom is -0.364 e. The van der Waals surface area contributed by atoms with Gasteiger partial charge in [-0.25, -0.2) is 4.39 Å². The van der Waals surface area contributed by atoms with Crippen LogP contribution in [-0.4, -0.2) is 25.2 Å². The second kappa shape index (κ2) is 4.65. The lowest BCUT2D eigenvalue weighted by atomic mass is 9.86. The van der Waals surface area contributed by atoms with E-state index in [2.05, 4.69) is 24.1 Å². The first-order valence-electron chi connectivity index (χ1n) is 6.24. The summed E-state index contributed by atoms with van der Waals surface area (Å²) in [5.41, 5.74) is 0.723. The van der Waals surface area contributed by atoms with Crippen molar-refractivity contribution in [2.24, 2.45) is 0 Å². The van der Waals surface area contributed by atoms with Crippen molar-refractivity contribution in [3.63, 3.8) is 0 Å². The maximum atomic E-state index is 13.8. The zero-order valence-electron chi connectivity index (χ0n) is 10.8. The highest BCUT2D eigenvalue weighted by Gasteiger charge is 2.35. The Labute approximate surface area is 103 Å². The van der Waals surface area contributed by atoms with E-state index in [1.54, 1.807) is 6.07 Å². The van der Waals surface area contributed by atoms with E-state index in [0.717, 1.165) is 25.1 Å². The molecule has 0 spiro atoms. The fourth-order valence-corrected chi connectivity index (χ4v) is 2.77. The van der Waals surface area contributed by atoms with E-state index in [9.17, 15) is 4.39 Å². The van der Waals surface area contributed by atoms with Gasteiger partial charge in [0.25, 0.3) is 0 Å². The number of para-hydroxylation sites is 1. The first-order chi connectivity index (χ1) is 8.04. The van der Waals surface area contributed by atoms with E-state index in [1.807, 2.05) is 19.2 Å². The lowest BCUT2D eigenvalue weighted by Gasteiger charge is -2.47. The molecule has 94 valence electrons. The van der Waals surface area contributed by atoms with Crippen molar-refractivity contribution in [2.45, 2.75) is 38.3 Å². The highest BCUT2D eigenvalue weighted by atomic mass is 19.1. The van der Waals surface area contributed by atoms with Crippen LogP contribution in [0.2, 0.25) is 0 Å². The smallest absolute Gasteiger partial charge is 0.146 e. The quantitative estimate of drug-likeness (QED) is 0.849. The third-order valence-corrected chi connectivity index (χ3v) is 3.73. The fraction of sp³-hybridized carbons (Fsp3) is 0.571. The Morgan fingerprint density at radius 1 is 1.35 bits per heavy atom. The van der Waals surface area contributed by atoms with Crippen LogP contribution in [0.5, 0.6) is 0 Å². The minimum atomic E-state index is -0.122. The molecule has 1 saturated heterocycles. The number of rotatable bonds is 2. The van der Waals surface area contributed by atoms with Crippen LogP contribution < -0.4 is 10.2 Å². The number of hydrogen-bond donors (Lipinski definition) is 1. The Hall–Kier alpha value is -1.09. The lowest BCUT2D eigenvalue weighted by molar-refractivity contribution is 0.299. The van der Waals surface area contributed by atoms with Gasteiger partial charge in [0.1, 0.15) is 5.82 Å². The van der Waals surface area contributed by atoms with E-state index < -0.39 is 0 Å². The van der Waals surface area contributed by atoms with Crippen LogP contribution in [0, 0.1) is 5.82 Å². The molecule has 3 heteroatoms. The molecule has 0 aliphatic carbocycles. The van der Waals surface area contributed by atoms with E-state index in [-0.39, 0.29) is 11.4 Å².